The number of nitrogens with zero attached hydrogens (tertiary/aromatic N) is 3. The van der Waals surface area contributed by atoms with Crippen LogP contribution in [-0.2, 0) is 11.2 Å². The number of carbonyl (C=O) groups is 1. The Kier molecular flexibility index (Phi) is 3.39. The lowest BCUT2D eigenvalue weighted by molar-refractivity contribution is -0.136. The number of hydrogen-bond acceptors (Lipinski definition) is 6. The van der Waals surface area contributed by atoms with Crippen molar-refractivity contribution < 1.29 is 19.4 Å². The summed E-state index contributed by atoms with van der Waals surface area (Å²) in [6.45, 7) is 1.05. The maximum atomic E-state index is 10.8. The number of hydrogen-bond donors (Lipinski definition) is 3. The van der Waals surface area contributed by atoms with Gasteiger partial charge in [0.2, 0.25) is 5.95 Å². The molecule has 1 aliphatic rings. The zero-order chi connectivity index (χ0) is 18.4. The van der Waals surface area contributed by atoms with Gasteiger partial charge in [0.15, 0.2) is 11.5 Å². The molecule has 3 N–H and O–H groups in total. The molecule has 0 unspecified atom stereocenters. The first kappa shape index (κ1) is 15.5. The first-order valence-corrected chi connectivity index (χ1v) is 8.41. The van der Waals surface area contributed by atoms with Crippen molar-refractivity contribution in [3.8, 4) is 11.5 Å². The number of imidazole rings is 1. The van der Waals surface area contributed by atoms with Gasteiger partial charge in [-0.3, -0.25) is 9.89 Å². The first-order valence-electron chi connectivity index (χ1n) is 8.41. The fourth-order valence-corrected chi connectivity index (χ4v) is 3.09. The van der Waals surface area contributed by atoms with Crippen LogP contribution >= 0.6 is 0 Å². The predicted molar refractivity (Wildman–Crippen MR) is 96.9 cm³/mol. The molecule has 2 aromatic heterocycles. The molecule has 3 heterocycles. The van der Waals surface area contributed by atoms with Crippen LogP contribution in [0.25, 0.3) is 16.8 Å². The van der Waals surface area contributed by atoms with Crippen LogP contribution in [0.15, 0.2) is 36.4 Å². The molecule has 0 aliphatic carbocycles. The Bertz CT molecular complexity index is 1160. The number of anilines is 2. The third-order valence-corrected chi connectivity index (χ3v) is 4.30. The van der Waals surface area contributed by atoms with Gasteiger partial charge in [-0.15, -0.1) is 0 Å². The van der Waals surface area contributed by atoms with Gasteiger partial charge in [0, 0.05) is 17.8 Å². The second-order valence-corrected chi connectivity index (χ2v) is 6.20. The fourth-order valence-electron chi connectivity index (χ4n) is 3.09. The molecule has 5 rings (SSSR count). The second kappa shape index (κ2) is 5.90. The van der Waals surface area contributed by atoms with Gasteiger partial charge in [-0.05, 0) is 17.7 Å². The Hall–Kier alpha value is -3.75. The van der Waals surface area contributed by atoms with Crippen molar-refractivity contribution in [2.45, 2.75) is 6.42 Å². The van der Waals surface area contributed by atoms with Crippen LogP contribution in [0.4, 0.5) is 11.6 Å². The summed E-state index contributed by atoms with van der Waals surface area (Å²) in [7, 11) is 0. The molecule has 27 heavy (non-hydrogen) atoms. The summed E-state index contributed by atoms with van der Waals surface area (Å²) in [6, 6.07) is 10.9. The van der Waals surface area contributed by atoms with Crippen LogP contribution in [0.2, 0.25) is 0 Å². The summed E-state index contributed by atoms with van der Waals surface area (Å²) in [5, 5.41) is 15.2. The minimum absolute atomic E-state index is 0.00302. The average molecular weight is 365 g/mol. The molecular weight excluding hydrogens is 350 g/mol. The molecular formula is C18H15N5O4. The summed E-state index contributed by atoms with van der Waals surface area (Å²) in [4.78, 5) is 19.7. The number of benzene rings is 2. The maximum Gasteiger partial charge on any atom is 0.307 e. The van der Waals surface area contributed by atoms with E-state index in [4.69, 9.17) is 14.6 Å². The minimum atomic E-state index is -0.855. The van der Waals surface area contributed by atoms with Gasteiger partial charge in [0.25, 0.3) is 5.78 Å². The lowest BCUT2D eigenvalue weighted by atomic mass is 10.1. The standard InChI is InChI=1S/C18H15N5O4/c24-16(25)7-10-1-3-11(4-2-10)19-17-21-18-20-12-8-14-15(27-6-5-26-14)9-13(12)23(18)22-17/h1-4,8-9H,5-7H2,(H,24,25)(H2,19,20,21,22). The molecule has 136 valence electrons. The van der Waals surface area contributed by atoms with E-state index in [1.165, 1.54) is 0 Å². The zero-order valence-corrected chi connectivity index (χ0v) is 14.1. The Balaban J connectivity index is 1.45. The summed E-state index contributed by atoms with van der Waals surface area (Å²) >= 11 is 0. The highest BCUT2D eigenvalue weighted by atomic mass is 16.6. The average Bonchev–Trinajstić information content (AvgIpc) is 3.18. The van der Waals surface area contributed by atoms with Crippen LogP contribution in [0.3, 0.4) is 0 Å². The van der Waals surface area contributed by atoms with Gasteiger partial charge in [0.05, 0.1) is 17.5 Å². The third-order valence-electron chi connectivity index (χ3n) is 4.30. The molecule has 0 amide bonds. The Morgan fingerprint density at radius 2 is 1.89 bits per heavy atom. The predicted octanol–water partition coefficient (Wildman–Crippen LogP) is 2.35. The number of rotatable bonds is 4. The summed E-state index contributed by atoms with van der Waals surface area (Å²) in [6.07, 6.45) is -0.00302. The SMILES string of the molecule is O=C(O)Cc1ccc(Nc2nc3nc4cc5c(cc4n3[nH]2)OCCO5)cc1. The summed E-state index contributed by atoms with van der Waals surface area (Å²) in [5.41, 5.74) is 3.13. The van der Waals surface area contributed by atoms with Crippen LogP contribution in [0.1, 0.15) is 5.56 Å². The first-order chi connectivity index (χ1) is 13.2. The van der Waals surface area contributed by atoms with Crippen LogP contribution in [-0.4, -0.2) is 43.9 Å². The highest BCUT2D eigenvalue weighted by Crippen LogP contribution is 2.34. The third kappa shape index (κ3) is 2.78. The van der Waals surface area contributed by atoms with E-state index < -0.39 is 5.97 Å². The van der Waals surface area contributed by atoms with E-state index in [0.29, 0.717) is 36.4 Å². The normalized spacial score (nSPS) is 13.2. The number of aromatic amines is 1. The van der Waals surface area contributed by atoms with Crippen molar-refractivity contribution in [2.24, 2.45) is 0 Å². The van der Waals surface area contributed by atoms with E-state index in [2.05, 4.69) is 20.4 Å². The van der Waals surface area contributed by atoms with Gasteiger partial charge in [-0.1, -0.05) is 12.1 Å². The van der Waals surface area contributed by atoms with Crippen molar-refractivity contribution in [2.75, 3.05) is 18.5 Å². The van der Waals surface area contributed by atoms with E-state index >= 15 is 0 Å². The smallest absolute Gasteiger partial charge is 0.307 e. The topological polar surface area (TPSA) is 114 Å². The van der Waals surface area contributed by atoms with Crippen LogP contribution < -0.4 is 14.8 Å². The molecule has 9 heteroatoms. The second-order valence-electron chi connectivity index (χ2n) is 6.20. The van der Waals surface area contributed by atoms with E-state index in [-0.39, 0.29) is 6.42 Å². The quantitative estimate of drug-likeness (QED) is 0.509. The van der Waals surface area contributed by atoms with E-state index in [1.807, 2.05) is 24.3 Å². The number of carboxylic acid groups (broad SMARTS) is 1. The number of aliphatic carboxylic acids is 1. The Labute approximate surface area is 152 Å². The minimum Gasteiger partial charge on any atom is -0.486 e. The van der Waals surface area contributed by atoms with Gasteiger partial charge >= 0.3 is 5.97 Å². The van der Waals surface area contributed by atoms with Gasteiger partial charge < -0.3 is 19.9 Å². The van der Waals surface area contributed by atoms with Crippen LogP contribution in [0.5, 0.6) is 11.5 Å². The van der Waals surface area contributed by atoms with Crippen molar-refractivity contribution in [1.82, 2.24) is 19.6 Å². The Morgan fingerprint density at radius 3 is 2.63 bits per heavy atom. The number of fused-ring (bicyclic) bond motifs is 4. The lowest BCUT2D eigenvalue weighted by Gasteiger charge is -2.17. The largest absolute Gasteiger partial charge is 0.486 e. The van der Waals surface area contributed by atoms with E-state index in [9.17, 15) is 4.79 Å². The highest BCUT2D eigenvalue weighted by Gasteiger charge is 2.17. The van der Waals surface area contributed by atoms with E-state index in [0.717, 1.165) is 22.3 Å². The molecule has 1 aliphatic heterocycles. The van der Waals surface area contributed by atoms with Crippen molar-refractivity contribution >= 4 is 34.4 Å². The molecule has 0 saturated heterocycles. The molecule has 0 radical (unpaired) electrons. The van der Waals surface area contributed by atoms with Crippen molar-refractivity contribution in [3.63, 3.8) is 0 Å². The number of aromatic nitrogens is 4. The zero-order valence-electron chi connectivity index (χ0n) is 14.1. The molecule has 4 aromatic rings. The number of carboxylic acids is 1. The molecule has 9 nitrogen and oxygen atoms in total. The number of ether oxygens (including phenoxy) is 2. The number of nitrogens with one attached hydrogen (secondary N) is 2. The van der Waals surface area contributed by atoms with Gasteiger partial charge in [0.1, 0.15) is 13.2 Å². The molecule has 0 bridgehead atoms. The molecule has 0 atom stereocenters. The fraction of sp³-hybridized carbons (Fsp3) is 0.167. The monoisotopic (exact) mass is 365 g/mol. The van der Waals surface area contributed by atoms with Crippen molar-refractivity contribution in [3.05, 3.63) is 42.0 Å². The maximum absolute atomic E-state index is 10.8. The van der Waals surface area contributed by atoms with Gasteiger partial charge in [-0.25, -0.2) is 9.50 Å². The highest BCUT2D eigenvalue weighted by molar-refractivity contribution is 5.83. The van der Waals surface area contributed by atoms with Crippen LogP contribution in [0, 0.1) is 0 Å². The summed E-state index contributed by atoms with van der Waals surface area (Å²) < 4.78 is 13.0. The van der Waals surface area contributed by atoms with Gasteiger partial charge in [-0.2, -0.15) is 4.98 Å². The van der Waals surface area contributed by atoms with E-state index in [1.54, 1.807) is 16.6 Å². The summed E-state index contributed by atoms with van der Waals surface area (Å²) in [5.74, 6) is 1.58. The molecule has 2 aromatic carbocycles. The number of H-pyrrole nitrogens is 1. The Morgan fingerprint density at radius 1 is 1.15 bits per heavy atom. The molecule has 0 fully saturated rings. The molecule has 0 saturated carbocycles. The molecule has 0 spiro atoms. The van der Waals surface area contributed by atoms with Crippen molar-refractivity contribution in [1.29, 1.82) is 0 Å². The lowest BCUT2D eigenvalue weighted by Crippen LogP contribution is -2.15.